The van der Waals surface area contributed by atoms with E-state index in [1.165, 1.54) is 24.3 Å². The first-order chi connectivity index (χ1) is 11.5. The third kappa shape index (κ3) is 2.93. The summed E-state index contributed by atoms with van der Waals surface area (Å²) in [6.45, 7) is 0. The summed E-state index contributed by atoms with van der Waals surface area (Å²) >= 11 is 0.708. The Kier molecular flexibility index (Phi) is 4.18. The fourth-order valence-corrected chi connectivity index (χ4v) is 3.07. The van der Waals surface area contributed by atoms with Crippen LogP contribution in [0.15, 0.2) is 53.4 Å². The van der Waals surface area contributed by atoms with E-state index in [-0.39, 0.29) is 16.2 Å². The van der Waals surface area contributed by atoms with Crippen molar-refractivity contribution >= 4 is 40.6 Å². The van der Waals surface area contributed by atoms with Gasteiger partial charge in [0.2, 0.25) is 0 Å². The predicted molar refractivity (Wildman–Crippen MR) is 88.3 cm³/mol. The molecule has 2 aromatic rings. The molecule has 0 aromatic heterocycles. The van der Waals surface area contributed by atoms with E-state index in [4.69, 9.17) is 0 Å². The topological polar surface area (TPSA) is 74.7 Å². The summed E-state index contributed by atoms with van der Waals surface area (Å²) in [4.78, 5) is 36.8. The number of anilines is 1. The Morgan fingerprint density at radius 3 is 2.42 bits per heavy atom. The number of carbonyl (C=O) groups excluding carboxylic acids is 2. The van der Waals surface area contributed by atoms with Crippen LogP contribution >= 0.6 is 11.8 Å². The van der Waals surface area contributed by atoms with Crippen molar-refractivity contribution in [2.24, 2.45) is 0 Å². The zero-order valence-corrected chi connectivity index (χ0v) is 12.9. The van der Waals surface area contributed by atoms with Crippen molar-refractivity contribution in [3.63, 3.8) is 0 Å². The summed E-state index contributed by atoms with van der Waals surface area (Å²) in [5, 5.41) is 8.66. The van der Waals surface area contributed by atoms with Gasteiger partial charge in [-0.25, -0.2) is 14.1 Å². The van der Waals surface area contributed by atoms with Crippen molar-refractivity contribution < 1.29 is 23.9 Å². The van der Waals surface area contributed by atoms with Gasteiger partial charge in [-0.3, -0.25) is 9.59 Å². The largest absolute Gasteiger partial charge is 0.478 e. The third-order valence-corrected chi connectivity index (χ3v) is 4.23. The summed E-state index contributed by atoms with van der Waals surface area (Å²) in [7, 11) is 0. The van der Waals surface area contributed by atoms with Gasteiger partial charge in [0, 0.05) is 0 Å². The molecule has 0 radical (unpaired) electrons. The zero-order chi connectivity index (χ0) is 17.3. The molecular formula is C17H10FNO4S. The number of rotatable bonds is 3. The van der Waals surface area contributed by atoms with E-state index in [1.54, 1.807) is 18.2 Å². The summed E-state index contributed by atoms with van der Waals surface area (Å²) in [5.74, 6) is -2.17. The highest BCUT2D eigenvalue weighted by Gasteiger charge is 2.36. The number of nitrogens with zero attached hydrogens (tertiary/aromatic N) is 1. The summed E-state index contributed by atoms with van der Waals surface area (Å²) < 4.78 is 13.0. The molecule has 0 saturated carbocycles. The number of thioether (sulfide) groups is 1. The highest BCUT2D eigenvalue weighted by atomic mass is 32.2. The lowest BCUT2D eigenvalue weighted by atomic mass is 10.1. The highest BCUT2D eigenvalue weighted by molar-refractivity contribution is 8.19. The first-order valence-electron chi connectivity index (χ1n) is 6.83. The normalized spacial score (nSPS) is 16.0. The van der Waals surface area contributed by atoms with Gasteiger partial charge in [-0.2, -0.15) is 0 Å². The minimum atomic E-state index is -1.13. The van der Waals surface area contributed by atoms with Crippen LogP contribution in [0.5, 0.6) is 0 Å². The van der Waals surface area contributed by atoms with Crippen molar-refractivity contribution in [3.05, 3.63) is 70.4 Å². The first-order valence-corrected chi connectivity index (χ1v) is 7.65. The second kappa shape index (κ2) is 6.29. The Morgan fingerprint density at radius 1 is 1.08 bits per heavy atom. The number of aromatic carboxylic acids is 1. The van der Waals surface area contributed by atoms with Crippen LogP contribution in [0.2, 0.25) is 0 Å². The molecule has 0 unspecified atom stereocenters. The maximum Gasteiger partial charge on any atom is 0.336 e. The number of hydrogen-bond acceptors (Lipinski definition) is 4. The summed E-state index contributed by atoms with van der Waals surface area (Å²) in [6, 6.07) is 11.2. The molecule has 0 spiro atoms. The number of halogens is 1. The Balaban J connectivity index is 1.97. The van der Waals surface area contributed by atoms with E-state index in [1.807, 2.05) is 0 Å². The SMILES string of the molecule is O=C(O)c1ccccc1/C=C1/SC(=O)N(c2ccc(F)cc2)C1=O. The molecule has 1 fully saturated rings. The van der Waals surface area contributed by atoms with Crippen molar-refractivity contribution in [3.8, 4) is 0 Å². The fraction of sp³-hybridized carbons (Fsp3) is 0. The lowest BCUT2D eigenvalue weighted by Gasteiger charge is -2.11. The van der Waals surface area contributed by atoms with Crippen LogP contribution in [0, 0.1) is 5.82 Å². The fourth-order valence-electron chi connectivity index (χ4n) is 2.24. The zero-order valence-electron chi connectivity index (χ0n) is 12.1. The first kappa shape index (κ1) is 15.9. The lowest BCUT2D eigenvalue weighted by molar-refractivity contribution is -0.113. The third-order valence-electron chi connectivity index (χ3n) is 3.36. The number of carbonyl (C=O) groups is 3. The number of benzene rings is 2. The second-order valence-corrected chi connectivity index (χ2v) is 5.88. The van der Waals surface area contributed by atoms with Crippen LogP contribution < -0.4 is 4.90 Å². The molecule has 1 aliphatic heterocycles. The maximum atomic E-state index is 13.0. The van der Waals surface area contributed by atoms with Crippen LogP contribution in [0.3, 0.4) is 0 Å². The molecule has 2 amide bonds. The Bertz CT molecular complexity index is 876. The van der Waals surface area contributed by atoms with Gasteiger partial charge in [0.05, 0.1) is 16.2 Å². The van der Waals surface area contributed by atoms with Crippen LogP contribution in [0.1, 0.15) is 15.9 Å². The van der Waals surface area contributed by atoms with Gasteiger partial charge < -0.3 is 5.11 Å². The van der Waals surface area contributed by atoms with Gasteiger partial charge in [-0.05, 0) is 53.7 Å². The summed E-state index contributed by atoms with van der Waals surface area (Å²) in [6.07, 6.45) is 1.37. The van der Waals surface area contributed by atoms with Gasteiger partial charge >= 0.3 is 5.97 Å². The Morgan fingerprint density at radius 2 is 1.75 bits per heavy atom. The van der Waals surface area contributed by atoms with Gasteiger partial charge in [-0.15, -0.1) is 0 Å². The van der Waals surface area contributed by atoms with Crippen LogP contribution in [0.4, 0.5) is 14.9 Å². The van der Waals surface area contributed by atoms with E-state index in [2.05, 4.69) is 0 Å². The van der Waals surface area contributed by atoms with Gasteiger partial charge in [0.15, 0.2) is 0 Å². The molecule has 7 heteroatoms. The summed E-state index contributed by atoms with van der Waals surface area (Å²) in [5.41, 5.74) is 0.620. The van der Waals surface area contributed by atoms with E-state index in [0.29, 0.717) is 17.3 Å². The van der Waals surface area contributed by atoms with Crippen molar-refractivity contribution in [2.75, 3.05) is 4.90 Å². The lowest BCUT2D eigenvalue weighted by Crippen LogP contribution is -2.27. The smallest absolute Gasteiger partial charge is 0.336 e. The van der Waals surface area contributed by atoms with Gasteiger partial charge in [0.25, 0.3) is 11.1 Å². The van der Waals surface area contributed by atoms with Crippen LogP contribution in [-0.4, -0.2) is 22.2 Å². The Hall–Kier alpha value is -2.93. The molecule has 1 aliphatic rings. The number of hydrogen-bond donors (Lipinski definition) is 1. The number of carboxylic acids is 1. The monoisotopic (exact) mass is 343 g/mol. The van der Waals surface area contributed by atoms with E-state index >= 15 is 0 Å². The van der Waals surface area contributed by atoms with Crippen molar-refractivity contribution in [2.45, 2.75) is 0 Å². The van der Waals surface area contributed by atoms with Crippen LogP contribution in [0.25, 0.3) is 6.08 Å². The Labute approximate surface area is 140 Å². The standard InChI is InChI=1S/C17H10FNO4S/c18-11-5-7-12(8-6-11)19-15(20)14(24-17(19)23)9-10-3-1-2-4-13(10)16(21)22/h1-9H,(H,21,22)/b14-9+. The average Bonchev–Trinajstić information content (AvgIpc) is 2.83. The predicted octanol–water partition coefficient (Wildman–Crippen LogP) is 3.76. The molecule has 120 valence electrons. The van der Waals surface area contributed by atoms with Crippen LogP contribution in [-0.2, 0) is 4.79 Å². The molecule has 2 aromatic carbocycles. The second-order valence-electron chi connectivity index (χ2n) is 4.89. The van der Waals surface area contributed by atoms with Crippen molar-refractivity contribution in [1.29, 1.82) is 0 Å². The van der Waals surface area contributed by atoms with Gasteiger partial charge in [0.1, 0.15) is 5.82 Å². The molecule has 0 bridgehead atoms. The quantitative estimate of drug-likeness (QED) is 0.859. The molecule has 24 heavy (non-hydrogen) atoms. The van der Waals surface area contributed by atoms with E-state index < -0.39 is 22.9 Å². The van der Waals surface area contributed by atoms with Gasteiger partial charge in [-0.1, -0.05) is 18.2 Å². The molecule has 0 aliphatic carbocycles. The average molecular weight is 343 g/mol. The van der Waals surface area contributed by atoms with Crippen molar-refractivity contribution in [1.82, 2.24) is 0 Å². The molecule has 0 atom stereocenters. The minimum Gasteiger partial charge on any atom is -0.478 e. The van der Waals surface area contributed by atoms with E-state index in [9.17, 15) is 23.9 Å². The molecule has 3 rings (SSSR count). The molecule has 1 heterocycles. The minimum absolute atomic E-state index is 0.0334. The maximum absolute atomic E-state index is 13.0. The molecule has 1 N–H and O–H groups in total. The highest BCUT2D eigenvalue weighted by Crippen LogP contribution is 2.36. The number of amides is 2. The number of carboxylic acid groups (broad SMARTS) is 1. The molecule has 5 nitrogen and oxygen atoms in total. The molecule has 1 saturated heterocycles. The molecular weight excluding hydrogens is 333 g/mol. The number of imide groups is 1. The van der Waals surface area contributed by atoms with E-state index in [0.717, 1.165) is 17.0 Å².